The summed E-state index contributed by atoms with van der Waals surface area (Å²) in [6.45, 7) is 1.47. The molecule has 1 saturated heterocycles. The molecule has 1 aliphatic heterocycles. The highest BCUT2D eigenvalue weighted by Gasteiger charge is 2.29. The maximum atomic E-state index is 12.8. The Morgan fingerprint density at radius 3 is 2.86 bits per heavy atom. The molecule has 6 nitrogen and oxygen atoms in total. The number of nitrogens with zero attached hydrogens (tertiary/aromatic N) is 3. The van der Waals surface area contributed by atoms with Crippen molar-refractivity contribution in [1.82, 2.24) is 15.1 Å². The molecule has 3 aromatic rings. The van der Waals surface area contributed by atoms with Crippen LogP contribution in [0.25, 0.3) is 0 Å². The van der Waals surface area contributed by atoms with Crippen molar-refractivity contribution in [2.75, 3.05) is 13.1 Å². The van der Waals surface area contributed by atoms with Crippen molar-refractivity contribution in [3.63, 3.8) is 0 Å². The molecule has 0 aliphatic carbocycles. The number of hydrogen-bond acceptors (Lipinski definition) is 5. The smallest absolute Gasteiger partial charge is 0.253 e. The molecule has 1 fully saturated rings. The summed E-state index contributed by atoms with van der Waals surface area (Å²) in [5, 5.41) is 8.82. The van der Waals surface area contributed by atoms with Gasteiger partial charge in [0.05, 0.1) is 5.92 Å². The summed E-state index contributed by atoms with van der Waals surface area (Å²) in [4.78, 5) is 14.6. The van der Waals surface area contributed by atoms with E-state index in [1.807, 2.05) is 35.2 Å². The molecule has 7 heteroatoms. The van der Waals surface area contributed by atoms with Gasteiger partial charge in [-0.05, 0) is 43.2 Å². The van der Waals surface area contributed by atoms with Gasteiger partial charge in [-0.3, -0.25) is 4.79 Å². The van der Waals surface area contributed by atoms with Crippen LogP contribution in [-0.4, -0.2) is 34.1 Å². The van der Waals surface area contributed by atoms with Crippen molar-refractivity contribution in [3.05, 3.63) is 77.0 Å². The minimum Gasteiger partial charge on any atom is -0.484 e. The fourth-order valence-electron chi connectivity index (χ4n) is 3.32. The number of rotatable bonds is 5. The largest absolute Gasteiger partial charge is 0.484 e. The molecule has 0 spiro atoms. The number of benzene rings is 2. The zero-order valence-corrected chi connectivity index (χ0v) is 16.0. The summed E-state index contributed by atoms with van der Waals surface area (Å²) in [6, 6.07) is 16.5. The minimum atomic E-state index is -0.0284. The molecule has 1 aromatic heterocycles. The maximum Gasteiger partial charge on any atom is 0.253 e. The molecule has 2 aromatic carbocycles. The minimum absolute atomic E-state index is 0.0230. The Bertz CT molecular complexity index is 945. The highest BCUT2D eigenvalue weighted by Crippen LogP contribution is 2.27. The number of carbonyl (C=O) groups excluding carboxylic acids is 1. The Kier molecular flexibility index (Phi) is 5.58. The van der Waals surface area contributed by atoms with E-state index in [9.17, 15) is 4.79 Å². The number of hydrogen-bond donors (Lipinski definition) is 0. The van der Waals surface area contributed by atoms with E-state index in [0.29, 0.717) is 35.5 Å². The second kappa shape index (κ2) is 8.44. The molecule has 4 rings (SSSR count). The number of para-hydroxylation sites is 1. The first-order valence-corrected chi connectivity index (χ1v) is 9.62. The Labute approximate surface area is 168 Å². The zero-order valence-electron chi connectivity index (χ0n) is 15.3. The highest BCUT2D eigenvalue weighted by atomic mass is 35.5. The first-order valence-electron chi connectivity index (χ1n) is 9.24. The molecule has 2 heterocycles. The number of ether oxygens (including phenoxy) is 1. The third-order valence-electron chi connectivity index (χ3n) is 4.72. The van der Waals surface area contributed by atoms with Crippen molar-refractivity contribution in [2.24, 2.45) is 0 Å². The average molecular weight is 398 g/mol. The summed E-state index contributed by atoms with van der Waals surface area (Å²) in [5.74, 6) is 1.72. The number of amides is 1. The molecule has 28 heavy (non-hydrogen) atoms. The van der Waals surface area contributed by atoms with Gasteiger partial charge in [0.1, 0.15) is 5.75 Å². The molecule has 1 atom stereocenters. The molecule has 1 amide bonds. The van der Waals surface area contributed by atoms with Crippen molar-refractivity contribution >= 4 is 17.5 Å². The summed E-state index contributed by atoms with van der Waals surface area (Å²) in [7, 11) is 0. The van der Waals surface area contributed by atoms with Crippen LogP contribution in [0.15, 0.2) is 59.0 Å². The van der Waals surface area contributed by atoms with Gasteiger partial charge in [0.2, 0.25) is 5.89 Å². The molecule has 0 saturated carbocycles. The van der Waals surface area contributed by atoms with Gasteiger partial charge in [0, 0.05) is 23.7 Å². The summed E-state index contributed by atoms with van der Waals surface area (Å²) in [6.07, 6.45) is 1.79. The fraction of sp³-hybridized carbons (Fsp3) is 0.286. The second-order valence-corrected chi connectivity index (χ2v) is 7.17. The maximum absolute atomic E-state index is 12.8. The molecule has 1 unspecified atom stereocenters. The zero-order chi connectivity index (χ0) is 19.3. The molecular weight excluding hydrogens is 378 g/mol. The molecule has 144 valence electrons. The van der Waals surface area contributed by atoms with Crippen LogP contribution in [0.5, 0.6) is 5.75 Å². The number of carbonyl (C=O) groups is 1. The lowest BCUT2D eigenvalue weighted by Crippen LogP contribution is -2.39. The van der Waals surface area contributed by atoms with Crippen LogP contribution in [0.2, 0.25) is 5.02 Å². The van der Waals surface area contributed by atoms with Crippen LogP contribution in [0, 0.1) is 0 Å². The quantitative estimate of drug-likeness (QED) is 0.641. The Hall–Kier alpha value is -2.86. The molecular formula is C21H20ClN3O3. The lowest BCUT2D eigenvalue weighted by atomic mass is 9.97. The number of aromatic nitrogens is 2. The van der Waals surface area contributed by atoms with Crippen molar-refractivity contribution in [1.29, 1.82) is 0 Å². The second-order valence-electron chi connectivity index (χ2n) is 6.74. The normalized spacial score (nSPS) is 16.8. The monoisotopic (exact) mass is 397 g/mol. The highest BCUT2D eigenvalue weighted by molar-refractivity contribution is 6.30. The van der Waals surface area contributed by atoms with E-state index in [1.54, 1.807) is 24.3 Å². The van der Waals surface area contributed by atoms with Crippen molar-refractivity contribution in [3.8, 4) is 5.75 Å². The molecule has 0 radical (unpaired) electrons. The average Bonchev–Trinajstić information content (AvgIpc) is 3.22. The van der Waals surface area contributed by atoms with E-state index in [2.05, 4.69) is 10.2 Å². The summed E-state index contributed by atoms with van der Waals surface area (Å²) < 4.78 is 11.4. The van der Waals surface area contributed by atoms with Gasteiger partial charge in [-0.1, -0.05) is 35.9 Å². The topological polar surface area (TPSA) is 68.5 Å². The van der Waals surface area contributed by atoms with Gasteiger partial charge in [-0.25, -0.2) is 0 Å². The first-order chi connectivity index (χ1) is 13.7. The van der Waals surface area contributed by atoms with Crippen LogP contribution in [0.1, 0.15) is 40.9 Å². The van der Waals surface area contributed by atoms with E-state index in [1.165, 1.54) is 0 Å². The number of piperidine rings is 1. The predicted octanol–water partition coefficient (Wildman–Crippen LogP) is 4.32. The van der Waals surface area contributed by atoms with E-state index in [0.717, 1.165) is 18.6 Å². The Balaban J connectivity index is 1.39. The van der Waals surface area contributed by atoms with Crippen LogP contribution >= 0.6 is 11.6 Å². The standard InChI is InChI=1S/C21H20ClN3O3/c22-17-8-4-6-15(12-17)21(26)25-11-5-7-16(13-25)20-24-23-19(28-20)14-27-18-9-2-1-3-10-18/h1-4,6,8-10,12,16H,5,7,11,13-14H2. The van der Waals surface area contributed by atoms with Gasteiger partial charge in [-0.15, -0.1) is 10.2 Å². The Morgan fingerprint density at radius 2 is 2.04 bits per heavy atom. The molecule has 1 aliphatic rings. The van der Waals surface area contributed by atoms with Crippen LogP contribution in [0.4, 0.5) is 0 Å². The Morgan fingerprint density at radius 1 is 1.18 bits per heavy atom. The predicted molar refractivity (Wildman–Crippen MR) is 104 cm³/mol. The van der Waals surface area contributed by atoms with Crippen molar-refractivity contribution in [2.45, 2.75) is 25.4 Å². The van der Waals surface area contributed by atoms with E-state index >= 15 is 0 Å². The van der Waals surface area contributed by atoms with Crippen molar-refractivity contribution < 1.29 is 13.9 Å². The SMILES string of the molecule is O=C(c1cccc(Cl)c1)N1CCCC(c2nnc(COc3ccccc3)o2)C1. The van der Waals surface area contributed by atoms with Crippen LogP contribution in [-0.2, 0) is 6.61 Å². The van der Waals surface area contributed by atoms with Gasteiger partial charge < -0.3 is 14.1 Å². The third kappa shape index (κ3) is 4.34. The molecule has 0 N–H and O–H groups in total. The van der Waals surface area contributed by atoms with E-state index in [-0.39, 0.29) is 18.4 Å². The molecule has 0 bridgehead atoms. The number of halogens is 1. The van der Waals surface area contributed by atoms with Gasteiger partial charge in [-0.2, -0.15) is 0 Å². The van der Waals surface area contributed by atoms with E-state index < -0.39 is 0 Å². The van der Waals surface area contributed by atoms with Gasteiger partial charge >= 0.3 is 0 Å². The summed E-state index contributed by atoms with van der Waals surface area (Å²) in [5.41, 5.74) is 0.593. The van der Waals surface area contributed by atoms with Gasteiger partial charge in [0.15, 0.2) is 6.61 Å². The lowest BCUT2D eigenvalue weighted by molar-refractivity contribution is 0.0697. The van der Waals surface area contributed by atoms with Gasteiger partial charge in [0.25, 0.3) is 11.8 Å². The van der Waals surface area contributed by atoms with Crippen LogP contribution < -0.4 is 4.74 Å². The van der Waals surface area contributed by atoms with Crippen LogP contribution in [0.3, 0.4) is 0 Å². The first kappa shape index (κ1) is 18.5. The lowest BCUT2D eigenvalue weighted by Gasteiger charge is -2.31. The number of likely N-dealkylation sites (tertiary alicyclic amines) is 1. The third-order valence-corrected chi connectivity index (χ3v) is 4.95. The fourth-order valence-corrected chi connectivity index (χ4v) is 3.51. The summed E-state index contributed by atoms with van der Waals surface area (Å²) >= 11 is 6.01. The van der Waals surface area contributed by atoms with E-state index in [4.69, 9.17) is 20.8 Å².